The first-order chi connectivity index (χ1) is 8.06. The van der Waals surface area contributed by atoms with Gasteiger partial charge in [0.05, 0.1) is 6.61 Å². The Morgan fingerprint density at radius 1 is 1.12 bits per heavy atom. The summed E-state index contributed by atoms with van der Waals surface area (Å²) < 4.78 is 17.9. The predicted octanol–water partition coefficient (Wildman–Crippen LogP) is 3.43. The third-order valence-electron chi connectivity index (χ3n) is 2.66. The highest BCUT2D eigenvalue weighted by atomic mass is 28.4. The predicted molar refractivity (Wildman–Crippen MR) is 74.3 cm³/mol. The van der Waals surface area contributed by atoms with E-state index in [2.05, 4.69) is 20.4 Å². The molecule has 0 amide bonds. The van der Waals surface area contributed by atoms with Gasteiger partial charge in [0.1, 0.15) is 5.73 Å². The number of hydrogen-bond acceptors (Lipinski definition) is 3. The van der Waals surface area contributed by atoms with Gasteiger partial charge < -0.3 is 13.6 Å². The summed E-state index contributed by atoms with van der Waals surface area (Å²) in [6.45, 7) is 16.1. The lowest BCUT2D eigenvalue weighted by molar-refractivity contribution is 0.0560. The highest BCUT2D eigenvalue weighted by Gasteiger charge is 2.44. The molecule has 0 bridgehead atoms. The average Bonchev–Trinajstić information content (AvgIpc) is 2.29. The van der Waals surface area contributed by atoms with Crippen molar-refractivity contribution >= 4 is 8.56 Å². The molecule has 0 N–H and O–H groups in total. The Labute approximate surface area is 107 Å². The third-order valence-corrected chi connectivity index (χ3v) is 6.76. The van der Waals surface area contributed by atoms with Crippen molar-refractivity contribution in [2.45, 2.75) is 52.8 Å². The van der Waals surface area contributed by atoms with Crippen molar-refractivity contribution in [3.05, 3.63) is 12.2 Å². The maximum Gasteiger partial charge on any atom is 0.367 e. The van der Waals surface area contributed by atoms with E-state index >= 15 is 0 Å². The molecule has 1 unspecified atom stereocenters. The maximum absolute atomic E-state index is 5.97. The first-order valence-corrected chi connectivity index (χ1v) is 8.70. The van der Waals surface area contributed by atoms with Crippen LogP contribution in [0.5, 0.6) is 0 Å². The monoisotopic (exact) mass is 260 g/mol. The van der Waals surface area contributed by atoms with Crippen molar-refractivity contribution in [2.24, 2.45) is 0 Å². The van der Waals surface area contributed by atoms with E-state index in [0.717, 1.165) is 18.0 Å². The Kier molecular flexibility index (Phi) is 8.77. The van der Waals surface area contributed by atoms with Crippen LogP contribution in [-0.4, -0.2) is 34.1 Å². The lowest BCUT2D eigenvalue weighted by Gasteiger charge is -2.35. The summed E-state index contributed by atoms with van der Waals surface area (Å²) in [5.41, 5.74) is 1.12. The molecule has 0 heterocycles. The van der Waals surface area contributed by atoms with Crippen LogP contribution in [0.25, 0.3) is 0 Å². The highest BCUT2D eigenvalue weighted by Crippen LogP contribution is 2.23. The van der Waals surface area contributed by atoms with Gasteiger partial charge in [0.25, 0.3) is 0 Å². The van der Waals surface area contributed by atoms with E-state index < -0.39 is 8.56 Å². The summed E-state index contributed by atoms with van der Waals surface area (Å²) in [5, 5.41) is 0. The molecule has 0 spiro atoms. The molecular weight excluding hydrogens is 232 g/mol. The molecule has 0 fully saturated rings. The molecule has 0 saturated heterocycles. The topological polar surface area (TPSA) is 27.7 Å². The molecule has 0 rings (SSSR count). The van der Waals surface area contributed by atoms with E-state index in [4.69, 9.17) is 13.6 Å². The van der Waals surface area contributed by atoms with Gasteiger partial charge >= 0.3 is 8.56 Å². The van der Waals surface area contributed by atoms with Crippen LogP contribution >= 0.6 is 0 Å². The van der Waals surface area contributed by atoms with Gasteiger partial charge in [0.2, 0.25) is 0 Å². The van der Waals surface area contributed by atoms with Crippen molar-refractivity contribution in [1.82, 2.24) is 0 Å². The Hall–Kier alpha value is -0.163. The fraction of sp³-hybridized carbons (Fsp3) is 0.846. The van der Waals surface area contributed by atoms with Crippen LogP contribution in [0.15, 0.2) is 12.2 Å². The average molecular weight is 260 g/mol. The van der Waals surface area contributed by atoms with E-state index in [0.29, 0.717) is 19.8 Å². The molecule has 0 aromatic heterocycles. The van der Waals surface area contributed by atoms with Crippen molar-refractivity contribution in [3.8, 4) is 0 Å². The highest BCUT2D eigenvalue weighted by molar-refractivity contribution is 6.68. The minimum Gasteiger partial charge on any atom is -0.393 e. The zero-order valence-corrected chi connectivity index (χ0v) is 13.0. The van der Waals surface area contributed by atoms with E-state index in [-0.39, 0.29) is 5.73 Å². The molecule has 0 aliphatic heterocycles. The summed E-state index contributed by atoms with van der Waals surface area (Å²) in [7, 11) is -2.23. The molecular formula is C13H28O3Si. The second kappa shape index (κ2) is 8.86. The quantitative estimate of drug-likeness (QED) is 0.445. The molecule has 0 aliphatic carbocycles. The Morgan fingerprint density at radius 2 is 1.65 bits per heavy atom. The van der Waals surface area contributed by atoms with Crippen LogP contribution in [0, 0.1) is 0 Å². The lowest BCUT2D eigenvalue weighted by atomic mass is 10.4. The summed E-state index contributed by atoms with van der Waals surface area (Å²) in [6, 6.07) is 0.920. The van der Waals surface area contributed by atoms with Gasteiger partial charge in [-0.3, -0.25) is 0 Å². The summed E-state index contributed by atoms with van der Waals surface area (Å²) >= 11 is 0. The van der Waals surface area contributed by atoms with Gasteiger partial charge in [-0.1, -0.05) is 26.0 Å². The van der Waals surface area contributed by atoms with Gasteiger partial charge in [-0.15, -0.1) is 0 Å². The number of ether oxygens (including phenoxy) is 1. The van der Waals surface area contributed by atoms with Crippen LogP contribution in [0.2, 0.25) is 6.04 Å². The first kappa shape index (κ1) is 16.8. The molecule has 1 atom stereocenters. The van der Waals surface area contributed by atoms with Crippen LogP contribution in [0.3, 0.4) is 0 Å². The number of hydrogen-bond donors (Lipinski definition) is 0. The van der Waals surface area contributed by atoms with Crippen LogP contribution in [0.4, 0.5) is 0 Å². The summed E-state index contributed by atoms with van der Waals surface area (Å²) in [6.07, 6.45) is 0.924. The maximum atomic E-state index is 5.97. The van der Waals surface area contributed by atoms with E-state index in [1.807, 2.05) is 20.8 Å². The van der Waals surface area contributed by atoms with Gasteiger partial charge in [0.15, 0.2) is 0 Å². The second-order valence-electron chi connectivity index (χ2n) is 4.20. The van der Waals surface area contributed by atoms with Crippen molar-refractivity contribution in [3.63, 3.8) is 0 Å². The molecule has 0 aromatic carbocycles. The zero-order chi connectivity index (χ0) is 13.3. The van der Waals surface area contributed by atoms with Crippen molar-refractivity contribution < 1.29 is 13.6 Å². The zero-order valence-electron chi connectivity index (χ0n) is 12.0. The molecule has 0 saturated carbocycles. The SMILES string of the molecule is C=C(C)COC(CC)[Si](CC)(OCC)OCC. The lowest BCUT2D eigenvalue weighted by Crippen LogP contribution is -2.54. The molecule has 17 heavy (non-hydrogen) atoms. The van der Waals surface area contributed by atoms with E-state index in [1.54, 1.807) is 0 Å². The molecule has 4 heteroatoms. The Balaban J connectivity index is 4.74. The second-order valence-corrected chi connectivity index (χ2v) is 7.75. The minimum atomic E-state index is -2.23. The van der Waals surface area contributed by atoms with Crippen LogP contribution < -0.4 is 0 Å². The Morgan fingerprint density at radius 3 is 1.94 bits per heavy atom. The summed E-state index contributed by atoms with van der Waals surface area (Å²) in [5.74, 6) is 0. The van der Waals surface area contributed by atoms with Crippen molar-refractivity contribution in [1.29, 1.82) is 0 Å². The van der Waals surface area contributed by atoms with Crippen LogP contribution in [0.1, 0.15) is 41.0 Å². The van der Waals surface area contributed by atoms with Crippen molar-refractivity contribution in [2.75, 3.05) is 19.8 Å². The smallest absolute Gasteiger partial charge is 0.367 e. The van der Waals surface area contributed by atoms with E-state index in [9.17, 15) is 0 Å². The minimum absolute atomic E-state index is 0.0871. The van der Waals surface area contributed by atoms with Gasteiger partial charge in [-0.25, -0.2) is 0 Å². The molecule has 0 aromatic rings. The largest absolute Gasteiger partial charge is 0.393 e. The molecule has 0 aliphatic rings. The first-order valence-electron chi connectivity index (χ1n) is 6.60. The van der Waals surface area contributed by atoms with Gasteiger partial charge in [-0.2, -0.15) is 0 Å². The number of rotatable bonds is 10. The standard InChI is InChI=1S/C13H28O3Si/c1-7-13(14-11-12(5)6)17(10-4,15-8-2)16-9-3/h13H,5,7-11H2,1-4,6H3. The van der Waals surface area contributed by atoms with Crippen LogP contribution in [-0.2, 0) is 13.6 Å². The fourth-order valence-corrected chi connectivity index (χ4v) is 5.20. The molecule has 3 nitrogen and oxygen atoms in total. The van der Waals surface area contributed by atoms with Gasteiger partial charge in [-0.05, 0) is 33.2 Å². The summed E-state index contributed by atoms with van der Waals surface area (Å²) in [4.78, 5) is 0. The fourth-order valence-electron chi connectivity index (χ4n) is 1.95. The van der Waals surface area contributed by atoms with E-state index in [1.165, 1.54) is 0 Å². The van der Waals surface area contributed by atoms with Gasteiger partial charge in [0, 0.05) is 13.2 Å². The Bertz CT molecular complexity index is 213. The molecule has 102 valence electrons. The normalized spacial score (nSPS) is 13.7. The third kappa shape index (κ3) is 5.34. The molecule has 0 radical (unpaired) electrons.